The molecule has 2 fully saturated rings. The molecule has 10 heteroatoms. The smallest absolute Gasteiger partial charge is 0.432 e. The van der Waals surface area contributed by atoms with Crippen LogP contribution in [0.1, 0.15) is 20.8 Å². The highest BCUT2D eigenvalue weighted by molar-refractivity contribution is 5.85. The molecule has 0 saturated carbocycles. The Kier molecular flexibility index (Phi) is 4.18. The van der Waals surface area contributed by atoms with E-state index in [1.807, 2.05) is 0 Å². The third kappa shape index (κ3) is 2.74. The Morgan fingerprint density at radius 2 is 1.56 bits per heavy atom. The van der Waals surface area contributed by atoms with Gasteiger partial charge in [0.2, 0.25) is 0 Å². The topological polar surface area (TPSA) is 116 Å². The lowest BCUT2D eigenvalue weighted by atomic mass is 9.74. The summed E-state index contributed by atoms with van der Waals surface area (Å²) in [4.78, 5) is 36.7. The van der Waals surface area contributed by atoms with E-state index in [4.69, 9.17) is 18.9 Å². The van der Waals surface area contributed by atoms with Gasteiger partial charge in [-0.05, 0) is 20.8 Å². The van der Waals surface area contributed by atoms with Crippen molar-refractivity contribution in [2.75, 3.05) is 14.2 Å². The second-order valence-electron chi connectivity index (χ2n) is 7.17. The summed E-state index contributed by atoms with van der Waals surface area (Å²) in [5, 5.41) is 9.04. The molecule has 0 aromatic carbocycles. The molecule has 3 heterocycles. The predicted octanol–water partition coefficient (Wildman–Crippen LogP) is 0.701. The van der Waals surface area contributed by atoms with E-state index in [-0.39, 0.29) is 0 Å². The van der Waals surface area contributed by atoms with Gasteiger partial charge in [0.1, 0.15) is 29.5 Å². The normalized spacial score (nSPS) is 35.5. The van der Waals surface area contributed by atoms with Crippen LogP contribution in [0.5, 0.6) is 0 Å². The first-order chi connectivity index (χ1) is 11.7. The van der Waals surface area contributed by atoms with Crippen LogP contribution in [0, 0.1) is 11.8 Å². The zero-order valence-corrected chi connectivity index (χ0v) is 14.7. The Labute approximate surface area is 144 Å². The first kappa shape index (κ1) is 17.6. The molecule has 138 valence electrons. The third-order valence-electron chi connectivity index (χ3n) is 4.52. The van der Waals surface area contributed by atoms with E-state index in [0.717, 1.165) is 5.01 Å². The van der Waals surface area contributed by atoms with E-state index >= 15 is 0 Å². The molecule has 25 heavy (non-hydrogen) atoms. The zero-order valence-electron chi connectivity index (χ0n) is 14.7. The number of esters is 2. The van der Waals surface area contributed by atoms with Gasteiger partial charge in [0, 0.05) is 0 Å². The molecule has 10 nitrogen and oxygen atoms in total. The Hall–Kier alpha value is -2.23. The van der Waals surface area contributed by atoms with Gasteiger partial charge in [0.15, 0.2) is 0 Å². The van der Waals surface area contributed by atoms with Gasteiger partial charge in [-0.1, -0.05) is 5.22 Å². The molecule has 0 radical (unpaired) electrons. The number of fused-ring (bicyclic) bond motifs is 5. The average molecular weight is 355 g/mol. The van der Waals surface area contributed by atoms with Gasteiger partial charge in [-0.2, -0.15) is 10.1 Å². The first-order valence-electron chi connectivity index (χ1n) is 7.93. The molecular weight excluding hydrogens is 334 g/mol. The van der Waals surface area contributed by atoms with E-state index in [1.165, 1.54) is 14.2 Å². The predicted molar refractivity (Wildman–Crippen MR) is 80.2 cm³/mol. The number of rotatable bonds is 2. The van der Waals surface area contributed by atoms with Gasteiger partial charge >= 0.3 is 18.0 Å². The van der Waals surface area contributed by atoms with Crippen molar-refractivity contribution < 1.29 is 33.3 Å². The molecule has 0 N–H and O–H groups in total. The second kappa shape index (κ2) is 5.94. The number of methoxy groups -OCH3 is 2. The molecule has 0 aromatic rings. The summed E-state index contributed by atoms with van der Waals surface area (Å²) in [5.74, 6) is -2.91. The summed E-state index contributed by atoms with van der Waals surface area (Å²) in [7, 11) is 2.47. The van der Waals surface area contributed by atoms with Crippen molar-refractivity contribution in [3.05, 3.63) is 0 Å². The Balaban J connectivity index is 1.87. The van der Waals surface area contributed by atoms with Gasteiger partial charge in [-0.3, -0.25) is 9.59 Å². The summed E-state index contributed by atoms with van der Waals surface area (Å²) in [6, 6.07) is -1.17. The average Bonchev–Trinajstić information content (AvgIpc) is 3.20. The minimum atomic E-state index is -0.892. The van der Waals surface area contributed by atoms with Crippen molar-refractivity contribution in [2.24, 2.45) is 22.2 Å². The van der Waals surface area contributed by atoms with Crippen LogP contribution in [0.2, 0.25) is 0 Å². The van der Waals surface area contributed by atoms with Crippen LogP contribution >= 0.6 is 0 Å². The fraction of sp³-hybridized carbons (Fsp3) is 0.800. The molecule has 3 aliphatic heterocycles. The Morgan fingerprint density at radius 1 is 1.00 bits per heavy atom. The minimum Gasteiger partial charge on any atom is -0.469 e. The summed E-state index contributed by atoms with van der Waals surface area (Å²) < 4.78 is 20.8. The maximum absolute atomic E-state index is 12.4. The summed E-state index contributed by atoms with van der Waals surface area (Å²) in [6.07, 6.45) is -2.16. The van der Waals surface area contributed by atoms with E-state index in [0.29, 0.717) is 0 Å². The highest BCUT2D eigenvalue weighted by Gasteiger charge is 2.69. The van der Waals surface area contributed by atoms with Crippen LogP contribution in [0.15, 0.2) is 10.3 Å². The van der Waals surface area contributed by atoms with Crippen LogP contribution in [0.4, 0.5) is 4.79 Å². The first-order valence-corrected chi connectivity index (χ1v) is 7.93. The largest absolute Gasteiger partial charge is 0.469 e. The lowest BCUT2D eigenvalue weighted by Gasteiger charge is -2.33. The summed E-state index contributed by atoms with van der Waals surface area (Å²) in [6.45, 7) is 5.20. The van der Waals surface area contributed by atoms with E-state index < -0.39 is 59.8 Å². The maximum Gasteiger partial charge on any atom is 0.432 e. The molecule has 0 spiro atoms. The SMILES string of the molecule is COC(=O)[C@H]1[C@H]2O[C@@H]([C@@H]1C(=O)OC)[C@H]1[C@@H]2N=NN1C(=O)OC(C)(C)C. The number of hydrogen-bond acceptors (Lipinski definition) is 9. The molecule has 3 aliphatic rings. The van der Waals surface area contributed by atoms with Gasteiger partial charge in [0.05, 0.1) is 26.4 Å². The molecule has 2 bridgehead atoms. The van der Waals surface area contributed by atoms with Crippen molar-refractivity contribution in [1.82, 2.24) is 5.01 Å². The number of hydrogen-bond donors (Lipinski definition) is 0. The summed E-state index contributed by atoms with van der Waals surface area (Å²) >= 11 is 0. The monoisotopic (exact) mass is 355 g/mol. The molecule has 3 rings (SSSR count). The maximum atomic E-state index is 12.4. The van der Waals surface area contributed by atoms with Crippen molar-refractivity contribution in [1.29, 1.82) is 0 Å². The summed E-state index contributed by atoms with van der Waals surface area (Å²) in [5.41, 5.74) is -0.709. The number of carbonyl (C=O) groups is 3. The standard InChI is InChI=1S/C15H21N3O7/c1-15(2,3)25-14(21)18-9-8(16-17-18)10-6(12(19)22-4)7(11(9)24-10)13(20)23-5/h6-11H,1-5H3/t6-,7-,8+,9-,10-,11+/m1/s1. The van der Waals surface area contributed by atoms with Gasteiger partial charge in [-0.15, -0.1) is 0 Å². The van der Waals surface area contributed by atoms with Gasteiger partial charge in [0.25, 0.3) is 0 Å². The number of amides is 1. The van der Waals surface area contributed by atoms with Crippen LogP contribution in [0.3, 0.4) is 0 Å². The quantitative estimate of drug-likeness (QED) is 0.529. The van der Waals surface area contributed by atoms with Gasteiger partial charge in [-0.25, -0.2) is 4.79 Å². The van der Waals surface area contributed by atoms with Crippen LogP contribution in [-0.2, 0) is 28.5 Å². The Bertz CT molecular complexity index is 629. The molecule has 1 amide bonds. The molecule has 0 aliphatic carbocycles. The third-order valence-corrected chi connectivity index (χ3v) is 4.52. The number of carbonyl (C=O) groups excluding carboxylic acids is 3. The van der Waals surface area contributed by atoms with E-state index in [9.17, 15) is 14.4 Å². The lowest BCUT2D eigenvalue weighted by Crippen LogP contribution is -2.55. The van der Waals surface area contributed by atoms with E-state index in [2.05, 4.69) is 10.3 Å². The zero-order chi connectivity index (χ0) is 18.5. The molecule has 2 saturated heterocycles. The van der Waals surface area contributed by atoms with Crippen molar-refractivity contribution in [3.63, 3.8) is 0 Å². The second-order valence-corrected chi connectivity index (χ2v) is 7.17. The van der Waals surface area contributed by atoms with Gasteiger partial charge < -0.3 is 18.9 Å². The molecular formula is C15H21N3O7. The minimum absolute atomic E-state index is 0.553. The van der Waals surface area contributed by atoms with Crippen LogP contribution in [0.25, 0.3) is 0 Å². The van der Waals surface area contributed by atoms with Crippen LogP contribution in [-0.4, -0.2) is 67.2 Å². The molecule has 0 aromatic heterocycles. The molecule has 6 atom stereocenters. The van der Waals surface area contributed by atoms with Crippen molar-refractivity contribution in [2.45, 2.75) is 50.7 Å². The Morgan fingerprint density at radius 3 is 2.08 bits per heavy atom. The van der Waals surface area contributed by atoms with Crippen molar-refractivity contribution in [3.8, 4) is 0 Å². The lowest BCUT2D eigenvalue weighted by molar-refractivity contribution is -0.158. The highest BCUT2D eigenvalue weighted by atomic mass is 16.6. The van der Waals surface area contributed by atoms with E-state index in [1.54, 1.807) is 20.8 Å². The number of nitrogens with zero attached hydrogens (tertiary/aromatic N) is 3. The number of ether oxygens (including phenoxy) is 4. The fourth-order valence-corrected chi connectivity index (χ4v) is 3.63. The molecule has 0 unspecified atom stereocenters. The van der Waals surface area contributed by atoms with Crippen LogP contribution < -0.4 is 0 Å². The van der Waals surface area contributed by atoms with Crippen molar-refractivity contribution >= 4 is 18.0 Å². The highest BCUT2D eigenvalue weighted by Crippen LogP contribution is 2.50. The fourth-order valence-electron chi connectivity index (χ4n) is 3.63.